The molecule has 82 heavy (non-hydrogen) atoms. The van der Waals surface area contributed by atoms with Gasteiger partial charge < -0.3 is 20.3 Å². The third kappa shape index (κ3) is 67.5. The molecule has 0 fully saturated rings. The Kier molecular flexibility index (Phi) is 70.4. The first kappa shape index (κ1) is 80.3. The van der Waals surface area contributed by atoms with E-state index in [1.54, 1.807) is 0 Å². The summed E-state index contributed by atoms with van der Waals surface area (Å²) in [5.41, 5.74) is 0. The molecule has 0 aromatic rings. The summed E-state index contributed by atoms with van der Waals surface area (Å²) in [6.07, 6.45) is 91.0. The summed E-state index contributed by atoms with van der Waals surface area (Å²) in [5.74, 6) is -0.0183. The van der Waals surface area contributed by atoms with Crippen molar-refractivity contribution < 1.29 is 24.5 Å². The van der Waals surface area contributed by atoms with Crippen LogP contribution in [0.5, 0.6) is 0 Å². The second-order valence-corrected chi connectivity index (χ2v) is 26.0. The molecular weight excluding hydrogens is 1010 g/mol. The van der Waals surface area contributed by atoms with Crippen molar-refractivity contribution in [3.05, 3.63) is 24.3 Å². The number of allylic oxidation sites excluding steroid dienone is 4. The summed E-state index contributed by atoms with van der Waals surface area (Å²) < 4.78 is 5.49. The van der Waals surface area contributed by atoms with Gasteiger partial charge >= 0.3 is 5.97 Å². The molecule has 0 aromatic carbocycles. The van der Waals surface area contributed by atoms with Gasteiger partial charge in [0.05, 0.1) is 25.4 Å². The van der Waals surface area contributed by atoms with Crippen molar-refractivity contribution in [1.29, 1.82) is 0 Å². The van der Waals surface area contributed by atoms with Crippen molar-refractivity contribution in [2.45, 2.75) is 437 Å². The molecule has 6 nitrogen and oxygen atoms in total. The molecule has 0 radical (unpaired) electrons. The Bertz CT molecular complexity index is 1280. The van der Waals surface area contributed by atoms with Gasteiger partial charge in [-0.3, -0.25) is 9.59 Å². The van der Waals surface area contributed by atoms with Crippen LogP contribution in [0.4, 0.5) is 0 Å². The van der Waals surface area contributed by atoms with Crippen molar-refractivity contribution in [1.82, 2.24) is 5.32 Å². The highest BCUT2D eigenvalue weighted by molar-refractivity contribution is 5.76. The van der Waals surface area contributed by atoms with Gasteiger partial charge in [-0.15, -0.1) is 0 Å². The van der Waals surface area contributed by atoms with Crippen LogP contribution in [-0.2, 0) is 14.3 Å². The minimum Gasteiger partial charge on any atom is -0.466 e. The number of rotatable bonds is 71. The number of amides is 1. The molecule has 2 atom stereocenters. The predicted molar refractivity (Wildman–Crippen MR) is 361 cm³/mol. The number of esters is 1. The van der Waals surface area contributed by atoms with Crippen LogP contribution in [0.2, 0.25) is 0 Å². The lowest BCUT2D eigenvalue weighted by atomic mass is 10.0. The van der Waals surface area contributed by atoms with Crippen LogP contribution in [0.25, 0.3) is 0 Å². The molecule has 0 saturated heterocycles. The molecule has 2 unspecified atom stereocenters. The monoisotopic (exact) mass is 1150 g/mol. The zero-order chi connectivity index (χ0) is 59.2. The summed E-state index contributed by atoms with van der Waals surface area (Å²) in [6.45, 7) is 4.98. The average molecular weight is 1160 g/mol. The molecule has 0 aliphatic rings. The summed E-state index contributed by atoms with van der Waals surface area (Å²) in [6, 6.07) is -0.540. The molecule has 1 amide bonds. The largest absolute Gasteiger partial charge is 0.466 e. The van der Waals surface area contributed by atoms with Crippen LogP contribution in [0.15, 0.2) is 24.3 Å². The third-order valence-electron chi connectivity index (χ3n) is 17.7. The highest BCUT2D eigenvalue weighted by Crippen LogP contribution is 2.19. The number of hydrogen-bond acceptors (Lipinski definition) is 5. The normalized spacial score (nSPS) is 12.6. The quantitative estimate of drug-likeness (QED) is 0.0320. The molecule has 0 rings (SSSR count). The first-order chi connectivity index (χ1) is 40.5. The lowest BCUT2D eigenvalue weighted by Crippen LogP contribution is -2.45. The van der Waals surface area contributed by atoms with Gasteiger partial charge in [0.15, 0.2) is 0 Å². The lowest BCUT2D eigenvalue weighted by molar-refractivity contribution is -0.143. The number of aliphatic hydroxyl groups is 2. The Morgan fingerprint density at radius 2 is 0.573 bits per heavy atom. The van der Waals surface area contributed by atoms with Crippen molar-refractivity contribution in [3.63, 3.8) is 0 Å². The van der Waals surface area contributed by atoms with Crippen LogP contribution in [0.3, 0.4) is 0 Å². The van der Waals surface area contributed by atoms with E-state index in [0.717, 1.165) is 44.9 Å². The maximum Gasteiger partial charge on any atom is 0.305 e. The van der Waals surface area contributed by atoms with Gasteiger partial charge in [0.2, 0.25) is 5.91 Å². The number of aliphatic hydroxyl groups excluding tert-OH is 2. The maximum absolute atomic E-state index is 12.6. The molecule has 486 valence electrons. The van der Waals surface area contributed by atoms with Crippen LogP contribution in [-0.4, -0.2) is 47.4 Å². The van der Waals surface area contributed by atoms with E-state index in [0.29, 0.717) is 25.9 Å². The Morgan fingerprint density at radius 1 is 0.329 bits per heavy atom. The summed E-state index contributed by atoms with van der Waals surface area (Å²) in [7, 11) is 0. The molecule has 6 heteroatoms. The van der Waals surface area contributed by atoms with Crippen LogP contribution < -0.4 is 5.32 Å². The highest BCUT2D eigenvalue weighted by atomic mass is 16.5. The van der Waals surface area contributed by atoms with E-state index < -0.39 is 12.1 Å². The lowest BCUT2D eigenvalue weighted by Gasteiger charge is -2.22. The zero-order valence-corrected chi connectivity index (χ0v) is 55.8. The van der Waals surface area contributed by atoms with Gasteiger partial charge in [0.1, 0.15) is 0 Å². The van der Waals surface area contributed by atoms with Gasteiger partial charge in [0, 0.05) is 12.8 Å². The number of carbonyl (C=O) groups excluding carboxylic acids is 2. The van der Waals surface area contributed by atoms with Gasteiger partial charge in [0.25, 0.3) is 0 Å². The Labute approximate surface area is 513 Å². The van der Waals surface area contributed by atoms with E-state index in [4.69, 9.17) is 4.74 Å². The molecule has 0 heterocycles. The smallest absolute Gasteiger partial charge is 0.305 e. The molecule has 0 spiro atoms. The molecule has 0 aliphatic carbocycles. The van der Waals surface area contributed by atoms with E-state index in [2.05, 4.69) is 43.5 Å². The minimum atomic E-state index is -0.663. The predicted octanol–water partition coefficient (Wildman–Crippen LogP) is 24.5. The number of ether oxygens (including phenoxy) is 1. The molecule has 3 N–H and O–H groups in total. The fourth-order valence-corrected chi connectivity index (χ4v) is 12.0. The van der Waals surface area contributed by atoms with E-state index >= 15 is 0 Å². The second-order valence-electron chi connectivity index (χ2n) is 26.0. The minimum absolute atomic E-state index is 0.00993. The average Bonchev–Trinajstić information content (AvgIpc) is 3.48. The topological polar surface area (TPSA) is 95.9 Å². The van der Waals surface area contributed by atoms with E-state index in [1.807, 2.05) is 0 Å². The number of hydrogen-bond donors (Lipinski definition) is 3. The maximum atomic E-state index is 12.6. The highest BCUT2D eigenvalue weighted by Gasteiger charge is 2.20. The van der Waals surface area contributed by atoms with Gasteiger partial charge in [-0.1, -0.05) is 359 Å². The first-order valence-electron chi connectivity index (χ1n) is 37.6. The summed E-state index contributed by atoms with van der Waals surface area (Å²) in [4.78, 5) is 24.6. The molecule has 0 aliphatic heterocycles. The Balaban J connectivity index is 3.36. The van der Waals surface area contributed by atoms with Gasteiger partial charge in [-0.05, 0) is 77.0 Å². The van der Waals surface area contributed by atoms with Crippen LogP contribution in [0, 0.1) is 0 Å². The van der Waals surface area contributed by atoms with Gasteiger partial charge in [-0.25, -0.2) is 0 Å². The molecule has 0 bridgehead atoms. The molecule has 0 saturated carbocycles. The number of carbonyl (C=O) groups is 2. The zero-order valence-electron chi connectivity index (χ0n) is 55.8. The van der Waals surface area contributed by atoms with E-state index in [9.17, 15) is 19.8 Å². The van der Waals surface area contributed by atoms with Crippen LogP contribution >= 0.6 is 0 Å². The van der Waals surface area contributed by atoms with E-state index in [-0.39, 0.29) is 18.5 Å². The Morgan fingerprint density at radius 3 is 0.866 bits per heavy atom. The summed E-state index contributed by atoms with van der Waals surface area (Å²) in [5, 5.41) is 23.4. The second kappa shape index (κ2) is 71.8. The van der Waals surface area contributed by atoms with Crippen molar-refractivity contribution in [2.75, 3.05) is 13.2 Å². The fourth-order valence-electron chi connectivity index (χ4n) is 12.0. The molecular formula is C76H147NO5. The Hall–Kier alpha value is -1.66. The SMILES string of the molecule is CCCCCCC/C=C\CCCCCCCC(=O)OCCCCCCCCCCCCCC/C=C\CCCCCCCCCCCCCCCCCC(=O)NC(CO)C(O)CCCCCCCCCCCCCCCCCCCCCC. The van der Waals surface area contributed by atoms with Crippen molar-refractivity contribution in [2.24, 2.45) is 0 Å². The fraction of sp³-hybridized carbons (Fsp3) is 0.921. The number of nitrogens with one attached hydrogen (secondary N) is 1. The van der Waals surface area contributed by atoms with Crippen LogP contribution in [0.1, 0.15) is 425 Å². The standard InChI is InChI=1S/C76H147NO5/c1-3-5-7-9-11-13-15-17-19-20-21-35-38-41-44-48-52-56-60-64-68-74(79)73(72-78)77-75(80)69-65-61-57-53-49-45-42-39-36-33-31-29-27-25-23-22-24-26-28-30-32-34-37-40-43-47-51-55-59-63-67-71-82-76(81)70-66-62-58-54-50-46-18-16-14-12-10-8-6-4-2/h16,18,24,26,73-74,78-79H,3-15,17,19-23,25,27-72H2,1-2H3,(H,77,80)/b18-16-,26-24-. The third-order valence-corrected chi connectivity index (χ3v) is 17.7. The van der Waals surface area contributed by atoms with E-state index in [1.165, 1.54) is 347 Å². The molecule has 0 aromatic heterocycles. The van der Waals surface area contributed by atoms with Crippen molar-refractivity contribution >= 4 is 11.9 Å². The first-order valence-corrected chi connectivity index (χ1v) is 37.6. The summed E-state index contributed by atoms with van der Waals surface area (Å²) >= 11 is 0. The van der Waals surface area contributed by atoms with Crippen molar-refractivity contribution in [3.8, 4) is 0 Å². The van der Waals surface area contributed by atoms with Gasteiger partial charge in [-0.2, -0.15) is 0 Å². The number of unbranched alkanes of at least 4 members (excludes halogenated alkanes) is 56.